The van der Waals surface area contributed by atoms with Gasteiger partial charge in [-0.15, -0.1) is 0 Å². The molecule has 0 radical (unpaired) electrons. The first-order valence-corrected chi connectivity index (χ1v) is 14.7. The molecule has 0 aliphatic carbocycles. The predicted molar refractivity (Wildman–Crippen MR) is 186 cm³/mol. The van der Waals surface area contributed by atoms with Gasteiger partial charge in [0, 0.05) is 34.4 Å². The van der Waals surface area contributed by atoms with E-state index in [4.69, 9.17) is 10.2 Å². The van der Waals surface area contributed by atoms with Crippen LogP contribution in [0.4, 0.5) is 0 Å². The summed E-state index contributed by atoms with van der Waals surface area (Å²) < 4.78 is 0. The SMILES string of the molecule is C/C=C/c1ccc(C(=O)C(=O)c2ccc(/C=C/C)cc2)cc1.O=C(O)/C=C/c1ccc(C(=O)C(=O)c2ccc(/C=C/C(=O)O)cc2)cc1. The molecule has 0 spiro atoms. The van der Waals surface area contributed by atoms with E-state index in [-0.39, 0.29) is 11.1 Å². The first-order valence-electron chi connectivity index (χ1n) is 14.7. The van der Waals surface area contributed by atoms with E-state index in [1.165, 1.54) is 36.4 Å². The smallest absolute Gasteiger partial charge is 0.328 e. The van der Waals surface area contributed by atoms with E-state index in [1.807, 2.05) is 62.4 Å². The van der Waals surface area contributed by atoms with E-state index in [2.05, 4.69) is 0 Å². The molecule has 0 aliphatic rings. The molecule has 0 saturated heterocycles. The Morgan fingerprint density at radius 1 is 0.375 bits per heavy atom. The van der Waals surface area contributed by atoms with Crippen LogP contribution in [0.5, 0.6) is 0 Å². The number of rotatable bonds is 12. The van der Waals surface area contributed by atoms with E-state index < -0.39 is 35.1 Å². The molecular weight excluding hydrogens is 608 g/mol. The van der Waals surface area contributed by atoms with Crippen molar-refractivity contribution < 1.29 is 39.0 Å². The first kappa shape index (κ1) is 35.9. The number of allylic oxidation sites excluding steroid dienone is 2. The maximum atomic E-state index is 12.3. The molecule has 0 unspecified atom stereocenters. The summed E-state index contributed by atoms with van der Waals surface area (Å²) in [6, 6.07) is 26.0. The Balaban J connectivity index is 0.000000264. The summed E-state index contributed by atoms with van der Waals surface area (Å²) in [5, 5.41) is 17.2. The van der Waals surface area contributed by atoms with Gasteiger partial charge in [0.25, 0.3) is 0 Å². The van der Waals surface area contributed by atoms with Crippen LogP contribution >= 0.6 is 0 Å². The van der Waals surface area contributed by atoms with E-state index in [0.29, 0.717) is 22.3 Å². The molecule has 240 valence electrons. The lowest BCUT2D eigenvalue weighted by Gasteiger charge is -2.02. The average molecular weight is 641 g/mol. The van der Waals surface area contributed by atoms with Crippen LogP contribution < -0.4 is 0 Å². The number of hydrogen-bond donors (Lipinski definition) is 2. The van der Waals surface area contributed by atoms with Gasteiger partial charge in [0.1, 0.15) is 0 Å². The highest BCUT2D eigenvalue weighted by Gasteiger charge is 2.19. The van der Waals surface area contributed by atoms with Gasteiger partial charge in [-0.3, -0.25) is 19.2 Å². The lowest BCUT2D eigenvalue weighted by Crippen LogP contribution is -2.14. The van der Waals surface area contributed by atoms with Crippen LogP contribution in [0.25, 0.3) is 24.3 Å². The lowest BCUT2D eigenvalue weighted by atomic mass is 9.99. The summed E-state index contributed by atoms with van der Waals surface area (Å²) in [6.45, 7) is 3.86. The first-order chi connectivity index (χ1) is 23.0. The molecule has 0 aliphatic heterocycles. The average Bonchev–Trinajstić information content (AvgIpc) is 3.10. The highest BCUT2D eigenvalue weighted by atomic mass is 16.4. The number of hydrogen-bond acceptors (Lipinski definition) is 6. The fourth-order valence-electron chi connectivity index (χ4n) is 4.23. The van der Waals surface area contributed by atoms with Gasteiger partial charge in [0.05, 0.1) is 0 Å². The predicted octanol–water partition coefficient (Wildman–Crippen LogP) is 7.77. The van der Waals surface area contributed by atoms with Crippen LogP contribution in [0.3, 0.4) is 0 Å². The number of aliphatic carboxylic acids is 2. The molecular formula is C40H32O8. The minimum atomic E-state index is -1.08. The number of carboxylic acid groups (broad SMARTS) is 2. The van der Waals surface area contributed by atoms with Crippen molar-refractivity contribution in [2.24, 2.45) is 0 Å². The van der Waals surface area contributed by atoms with Crippen LogP contribution in [0, 0.1) is 0 Å². The van der Waals surface area contributed by atoms with Crippen LogP contribution in [0.15, 0.2) is 121 Å². The van der Waals surface area contributed by atoms with Crippen molar-refractivity contribution in [2.45, 2.75) is 13.8 Å². The largest absolute Gasteiger partial charge is 0.478 e. The fraction of sp³-hybridized carbons (Fsp3) is 0.0500. The molecule has 0 heterocycles. The third-order valence-corrected chi connectivity index (χ3v) is 6.66. The molecule has 0 saturated carbocycles. The third-order valence-electron chi connectivity index (χ3n) is 6.66. The summed E-state index contributed by atoms with van der Waals surface area (Å²) in [5.74, 6) is -4.50. The van der Waals surface area contributed by atoms with E-state index in [1.54, 1.807) is 48.5 Å². The van der Waals surface area contributed by atoms with Crippen molar-refractivity contribution in [1.29, 1.82) is 0 Å². The Morgan fingerprint density at radius 2 is 0.583 bits per heavy atom. The summed E-state index contributed by atoms with van der Waals surface area (Å²) in [5.41, 5.74) is 4.39. The van der Waals surface area contributed by atoms with Crippen LogP contribution in [-0.2, 0) is 9.59 Å². The molecule has 8 nitrogen and oxygen atoms in total. The van der Waals surface area contributed by atoms with Crippen molar-refractivity contribution >= 4 is 59.4 Å². The highest BCUT2D eigenvalue weighted by molar-refractivity contribution is 6.49. The molecule has 0 fully saturated rings. The standard InChI is InChI=1S/C20H14O6.C20H18O2/c21-17(22)11-5-13-1-7-15(8-2-13)19(25)20(26)16-9-3-14(4-10-16)6-12-18(23)24;1-3-5-15-7-11-17(12-8-15)19(21)20(22)18-13-9-16(6-4-2)10-14-18/h1-12H,(H,21,22)(H,23,24);3-14H,1-2H3/b11-5+,12-6+;5-3+,6-4+. The summed E-state index contributed by atoms with van der Waals surface area (Å²) in [6.07, 6.45) is 12.4. The lowest BCUT2D eigenvalue weighted by molar-refractivity contribution is -0.132. The quantitative estimate of drug-likeness (QED) is 0.0908. The second-order valence-corrected chi connectivity index (χ2v) is 10.1. The van der Waals surface area contributed by atoms with Gasteiger partial charge in [-0.25, -0.2) is 9.59 Å². The number of ketones is 4. The minimum absolute atomic E-state index is 0.192. The maximum Gasteiger partial charge on any atom is 0.328 e. The molecule has 48 heavy (non-hydrogen) atoms. The van der Waals surface area contributed by atoms with Gasteiger partial charge >= 0.3 is 11.9 Å². The molecule has 0 aromatic heterocycles. The van der Waals surface area contributed by atoms with E-state index >= 15 is 0 Å². The number of carbonyl (C=O) groups excluding carboxylic acids is 4. The molecule has 0 amide bonds. The number of Topliss-reactive ketones (excluding diaryl/α,β-unsaturated/α-hetero) is 4. The van der Waals surface area contributed by atoms with Crippen molar-refractivity contribution in [3.05, 3.63) is 166 Å². The Bertz CT molecular complexity index is 1760. The van der Waals surface area contributed by atoms with Crippen LogP contribution in [0.2, 0.25) is 0 Å². The van der Waals surface area contributed by atoms with Crippen molar-refractivity contribution in [2.75, 3.05) is 0 Å². The topological polar surface area (TPSA) is 143 Å². The van der Waals surface area contributed by atoms with Gasteiger partial charge in [0.15, 0.2) is 0 Å². The van der Waals surface area contributed by atoms with Crippen LogP contribution in [0.1, 0.15) is 77.5 Å². The normalized spacial score (nSPS) is 11.0. The number of carboxylic acids is 2. The molecule has 0 bridgehead atoms. The Hall–Kier alpha value is -6.54. The number of carbonyl (C=O) groups is 6. The van der Waals surface area contributed by atoms with Gasteiger partial charge in [-0.1, -0.05) is 121 Å². The van der Waals surface area contributed by atoms with E-state index in [9.17, 15) is 28.8 Å². The van der Waals surface area contributed by atoms with Crippen LogP contribution in [-0.4, -0.2) is 45.3 Å². The van der Waals surface area contributed by atoms with Crippen molar-refractivity contribution in [3.63, 3.8) is 0 Å². The molecule has 2 N–H and O–H groups in total. The third kappa shape index (κ3) is 10.8. The van der Waals surface area contributed by atoms with Gasteiger partial charge in [-0.05, 0) is 48.3 Å². The Kier molecular flexibility index (Phi) is 13.3. The van der Waals surface area contributed by atoms with Gasteiger partial charge < -0.3 is 10.2 Å². The Labute approximate surface area is 277 Å². The molecule has 8 heteroatoms. The molecule has 4 aromatic carbocycles. The van der Waals surface area contributed by atoms with Crippen molar-refractivity contribution in [1.82, 2.24) is 0 Å². The zero-order valence-corrected chi connectivity index (χ0v) is 26.2. The summed E-state index contributed by atoms with van der Waals surface area (Å²) in [7, 11) is 0. The van der Waals surface area contributed by atoms with Gasteiger partial charge in [-0.2, -0.15) is 0 Å². The maximum absolute atomic E-state index is 12.3. The summed E-state index contributed by atoms with van der Waals surface area (Å²) >= 11 is 0. The van der Waals surface area contributed by atoms with Gasteiger partial charge in [0.2, 0.25) is 23.1 Å². The zero-order chi connectivity index (χ0) is 35.1. The minimum Gasteiger partial charge on any atom is -0.478 e. The highest BCUT2D eigenvalue weighted by Crippen LogP contribution is 2.14. The second kappa shape index (κ2) is 17.8. The molecule has 4 aromatic rings. The Morgan fingerprint density at radius 3 is 0.771 bits per heavy atom. The fourth-order valence-corrected chi connectivity index (χ4v) is 4.23. The van der Waals surface area contributed by atoms with E-state index in [0.717, 1.165) is 23.3 Å². The summed E-state index contributed by atoms with van der Waals surface area (Å²) in [4.78, 5) is 70.0. The number of benzene rings is 4. The zero-order valence-electron chi connectivity index (χ0n) is 26.2. The second-order valence-electron chi connectivity index (χ2n) is 10.1. The molecule has 0 atom stereocenters. The monoisotopic (exact) mass is 640 g/mol. The molecule has 4 rings (SSSR count). The van der Waals surface area contributed by atoms with Crippen molar-refractivity contribution in [3.8, 4) is 0 Å².